The number of thioether (sulfide) groups is 2. The molecule has 6 nitrogen and oxygen atoms in total. The molecule has 11 heteroatoms. The third kappa shape index (κ3) is 4.59. The summed E-state index contributed by atoms with van der Waals surface area (Å²) in [6, 6.07) is 4.89. The SMILES string of the molecule is COC(=O)CSc1nc2c(c(=O)n1-c1ccc(OC(F)(F)F)cc1)SCC2. The highest BCUT2D eigenvalue weighted by Crippen LogP contribution is 2.30. The number of methoxy groups -OCH3 is 1. The highest BCUT2D eigenvalue weighted by molar-refractivity contribution is 8.00. The Morgan fingerprint density at radius 2 is 2.04 bits per heavy atom. The Balaban J connectivity index is 2.00. The number of esters is 1. The first kappa shape index (κ1) is 19.6. The molecule has 3 rings (SSSR count). The van der Waals surface area contributed by atoms with Gasteiger partial charge in [0.05, 0.1) is 29.1 Å². The van der Waals surface area contributed by atoms with E-state index in [0.717, 1.165) is 29.6 Å². The van der Waals surface area contributed by atoms with Crippen LogP contribution in [0, 0.1) is 0 Å². The summed E-state index contributed by atoms with van der Waals surface area (Å²) in [5.41, 5.74) is 0.662. The molecule has 0 atom stereocenters. The summed E-state index contributed by atoms with van der Waals surface area (Å²) >= 11 is 2.41. The number of alkyl halides is 3. The lowest BCUT2D eigenvalue weighted by molar-refractivity contribution is -0.274. The zero-order chi connectivity index (χ0) is 19.6. The molecular formula is C16H13F3N2O4S2. The van der Waals surface area contributed by atoms with Crippen molar-refractivity contribution < 1.29 is 27.4 Å². The fraction of sp³-hybridized carbons (Fsp3) is 0.312. The summed E-state index contributed by atoms with van der Waals surface area (Å²) in [6.07, 6.45) is -4.16. The van der Waals surface area contributed by atoms with Crippen molar-refractivity contribution in [3.63, 3.8) is 0 Å². The van der Waals surface area contributed by atoms with Gasteiger partial charge in [-0.2, -0.15) is 0 Å². The van der Waals surface area contributed by atoms with Gasteiger partial charge in [0.1, 0.15) is 5.75 Å². The van der Waals surface area contributed by atoms with Gasteiger partial charge in [0.15, 0.2) is 5.16 Å². The van der Waals surface area contributed by atoms with Crippen molar-refractivity contribution in [2.75, 3.05) is 18.6 Å². The fourth-order valence-electron chi connectivity index (χ4n) is 2.40. The van der Waals surface area contributed by atoms with Gasteiger partial charge in [0, 0.05) is 12.2 Å². The second kappa shape index (κ2) is 7.85. The van der Waals surface area contributed by atoms with E-state index in [4.69, 9.17) is 0 Å². The van der Waals surface area contributed by atoms with E-state index in [-0.39, 0.29) is 16.5 Å². The summed E-state index contributed by atoms with van der Waals surface area (Å²) < 4.78 is 46.7. The van der Waals surface area contributed by atoms with E-state index in [9.17, 15) is 22.8 Å². The van der Waals surface area contributed by atoms with Crippen LogP contribution in [-0.4, -0.2) is 40.5 Å². The molecule has 2 heterocycles. The minimum Gasteiger partial charge on any atom is -0.468 e. The molecule has 1 aliphatic heterocycles. The number of carbonyl (C=O) groups excluding carboxylic acids is 1. The van der Waals surface area contributed by atoms with Gasteiger partial charge in [-0.25, -0.2) is 4.98 Å². The first-order valence-corrected chi connectivity index (χ1v) is 9.60. The number of aromatic nitrogens is 2. The number of fused-ring (bicyclic) bond motifs is 1. The average Bonchev–Trinajstić information content (AvgIpc) is 3.08. The van der Waals surface area contributed by atoms with Crippen molar-refractivity contribution >= 4 is 29.5 Å². The highest BCUT2D eigenvalue weighted by Gasteiger charge is 2.31. The highest BCUT2D eigenvalue weighted by atomic mass is 32.2. The molecule has 27 heavy (non-hydrogen) atoms. The third-order valence-corrected chi connectivity index (χ3v) is 5.56. The lowest BCUT2D eigenvalue weighted by Crippen LogP contribution is -2.24. The van der Waals surface area contributed by atoms with Crippen molar-refractivity contribution in [1.82, 2.24) is 9.55 Å². The monoisotopic (exact) mass is 418 g/mol. The second-order valence-corrected chi connectivity index (χ2v) is 7.36. The lowest BCUT2D eigenvalue weighted by atomic mass is 10.3. The molecule has 1 aliphatic rings. The van der Waals surface area contributed by atoms with Crippen LogP contribution in [0.4, 0.5) is 13.2 Å². The van der Waals surface area contributed by atoms with Gasteiger partial charge >= 0.3 is 12.3 Å². The molecule has 2 aromatic rings. The van der Waals surface area contributed by atoms with Crippen molar-refractivity contribution in [3.8, 4) is 11.4 Å². The molecule has 0 aliphatic carbocycles. The van der Waals surface area contributed by atoms with Crippen molar-refractivity contribution in [2.24, 2.45) is 0 Å². The molecule has 0 bridgehead atoms. The van der Waals surface area contributed by atoms with E-state index in [0.29, 0.717) is 22.7 Å². The molecular weight excluding hydrogens is 405 g/mol. The van der Waals surface area contributed by atoms with Crippen LogP contribution in [0.25, 0.3) is 5.69 Å². The maximum Gasteiger partial charge on any atom is 0.573 e. The Bertz CT molecular complexity index is 914. The van der Waals surface area contributed by atoms with Gasteiger partial charge in [0.2, 0.25) is 0 Å². The number of hydrogen-bond donors (Lipinski definition) is 0. The van der Waals surface area contributed by atoms with Crippen LogP contribution in [0.5, 0.6) is 5.75 Å². The Morgan fingerprint density at radius 1 is 1.33 bits per heavy atom. The smallest absolute Gasteiger partial charge is 0.468 e. The predicted molar refractivity (Wildman–Crippen MR) is 93.7 cm³/mol. The maximum atomic E-state index is 12.9. The molecule has 0 spiro atoms. The normalized spacial score (nSPS) is 13.3. The van der Waals surface area contributed by atoms with Crippen molar-refractivity contribution in [2.45, 2.75) is 22.8 Å². The number of benzene rings is 1. The van der Waals surface area contributed by atoms with Gasteiger partial charge in [-0.15, -0.1) is 24.9 Å². The van der Waals surface area contributed by atoms with Crippen LogP contribution in [-0.2, 0) is 16.0 Å². The van der Waals surface area contributed by atoms with Crippen molar-refractivity contribution in [3.05, 3.63) is 40.3 Å². The van der Waals surface area contributed by atoms with Crippen LogP contribution in [0.15, 0.2) is 39.1 Å². The molecule has 0 amide bonds. The molecule has 144 valence electrons. The Morgan fingerprint density at radius 3 is 2.67 bits per heavy atom. The van der Waals surface area contributed by atoms with Gasteiger partial charge in [0.25, 0.3) is 5.56 Å². The molecule has 0 radical (unpaired) electrons. The minimum atomic E-state index is -4.80. The standard InChI is InChI=1S/C16H13F3N2O4S2/c1-24-12(22)8-27-15-20-11-6-7-26-13(11)14(23)21(15)9-2-4-10(5-3-9)25-16(17,18)19/h2-5H,6-8H2,1H3. The fourth-order valence-corrected chi connectivity index (χ4v) is 4.28. The number of carbonyl (C=O) groups is 1. The molecule has 1 aromatic heterocycles. The Hall–Kier alpha value is -2.14. The number of ether oxygens (including phenoxy) is 2. The molecule has 0 saturated heterocycles. The Kier molecular flexibility index (Phi) is 5.70. The van der Waals surface area contributed by atoms with E-state index in [1.807, 2.05) is 0 Å². The molecule has 0 fully saturated rings. The van der Waals surface area contributed by atoms with E-state index in [1.165, 1.54) is 35.6 Å². The van der Waals surface area contributed by atoms with Gasteiger partial charge in [-0.1, -0.05) is 11.8 Å². The van der Waals surface area contributed by atoms with Gasteiger partial charge in [-0.3, -0.25) is 14.2 Å². The first-order chi connectivity index (χ1) is 12.8. The topological polar surface area (TPSA) is 70.4 Å². The van der Waals surface area contributed by atoms with Crippen LogP contribution >= 0.6 is 23.5 Å². The quantitative estimate of drug-likeness (QED) is 0.420. The van der Waals surface area contributed by atoms with E-state index in [1.54, 1.807) is 0 Å². The minimum absolute atomic E-state index is 0.0515. The Labute approximate surface area is 160 Å². The number of halogens is 3. The van der Waals surface area contributed by atoms with Crippen LogP contribution in [0.2, 0.25) is 0 Å². The lowest BCUT2D eigenvalue weighted by Gasteiger charge is -2.14. The summed E-state index contributed by atoms with van der Waals surface area (Å²) in [5.74, 6) is -0.207. The van der Waals surface area contributed by atoms with Gasteiger partial charge in [-0.05, 0) is 24.3 Å². The second-order valence-electron chi connectivity index (χ2n) is 5.32. The van der Waals surface area contributed by atoms with E-state index >= 15 is 0 Å². The average molecular weight is 418 g/mol. The van der Waals surface area contributed by atoms with Crippen LogP contribution in [0.3, 0.4) is 0 Å². The molecule has 0 saturated carbocycles. The summed E-state index contributed by atoms with van der Waals surface area (Å²) in [4.78, 5) is 29.3. The van der Waals surface area contributed by atoms with Crippen LogP contribution in [0.1, 0.15) is 5.69 Å². The first-order valence-electron chi connectivity index (χ1n) is 7.63. The van der Waals surface area contributed by atoms with Gasteiger partial charge < -0.3 is 9.47 Å². The van der Waals surface area contributed by atoms with E-state index < -0.39 is 18.1 Å². The largest absolute Gasteiger partial charge is 0.573 e. The number of hydrogen-bond acceptors (Lipinski definition) is 7. The summed E-state index contributed by atoms with van der Waals surface area (Å²) in [5, 5.41) is 0.274. The predicted octanol–water partition coefficient (Wildman–Crippen LogP) is 3.04. The molecule has 1 aromatic carbocycles. The van der Waals surface area contributed by atoms with Crippen molar-refractivity contribution in [1.29, 1.82) is 0 Å². The van der Waals surface area contributed by atoms with Crippen LogP contribution < -0.4 is 10.3 Å². The number of rotatable bonds is 5. The van der Waals surface area contributed by atoms with E-state index in [2.05, 4.69) is 14.5 Å². The maximum absolute atomic E-state index is 12.9. The summed E-state index contributed by atoms with van der Waals surface area (Å²) in [6.45, 7) is 0. The summed E-state index contributed by atoms with van der Waals surface area (Å²) in [7, 11) is 1.25. The zero-order valence-corrected chi connectivity index (χ0v) is 15.5. The molecule has 0 unspecified atom stereocenters. The zero-order valence-electron chi connectivity index (χ0n) is 13.9. The third-order valence-electron chi connectivity index (χ3n) is 3.54. The number of nitrogens with zero attached hydrogens (tertiary/aromatic N) is 2. The number of aryl methyl sites for hydroxylation is 1. The molecule has 0 N–H and O–H groups in total.